The molecule has 2 aromatic rings. The van der Waals surface area contributed by atoms with Crippen molar-refractivity contribution in [1.82, 2.24) is 19.6 Å². The van der Waals surface area contributed by atoms with Crippen molar-refractivity contribution in [2.45, 2.75) is 20.0 Å². The fraction of sp³-hybridized carbons (Fsp3) is 0.400. The van der Waals surface area contributed by atoms with E-state index in [9.17, 15) is 8.78 Å². The van der Waals surface area contributed by atoms with Crippen LogP contribution in [0.2, 0.25) is 0 Å². The minimum atomic E-state index is -2.61. The van der Waals surface area contributed by atoms with Crippen molar-refractivity contribution in [3.8, 4) is 0 Å². The first kappa shape index (κ1) is 14.4. The van der Waals surface area contributed by atoms with E-state index >= 15 is 0 Å². The van der Waals surface area contributed by atoms with Gasteiger partial charge in [0.25, 0.3) is 0 Å². The highest BCUT2D eigenvalue weighted by Crippen LogP contribution is 2.12. The molecule has 1 N–H and O–H groups in total. The Morgan fingerprint density at radius 1 is 1.39 bits per heavy atom. The van der Waals surface area contributed by atoms with Crippen molar-refractivity contribution >= 4 is 18.2 Å². The Balaban J connectivity index is 0.00000162. The second-order valence-electron chi connectivity index (χ2n) is 3.71. The molecule has 0 unspecified atom stereocenters. The summed E-state index contributed by atoms with van der Waals surface area (Å²) in [5.41, 5.74) is 1.89. The van der Waals surface area contributed by atoms with Crippen molar-refractivity contribution in [1.29, 1.82) is 0 Å². The SMILES string of the molecule is Cc1cc(CNc2ccn(C(F)F)n2)n(C)n1.Cl. The summed E-state index contributed by atoms with van der Waals surface area (Å²) < 4.78 is 26.9. The molecule has 100 valence electrons. The lowest BCUT2D eigenvalue weighted by Gasteiger charge is -2.03. The lowest BCUT2D eigenvalue weighted by atomic mass is 10.3. The third-order valence-corrected chi connectivity index (χ3v) is 2.36. The number of hydrogen-bond acceptors (Lipinski definition) is 3. The molecule has 0 atom stereocenters. The summed E-state index contributed by atoms with van der Waals surface area (Å²) in [7, 11) is 1.84. The molecule has 0 fully saturated rings. The Hall–Kier alpha value is -1.63. The topological polar surface area (TPSA) is 47.7 Å². The van der Waals surface area contributed by atoms with Crippen LogP contribution < -0.4 is 5.32 Å². The minimum Gasteiger partial charge on any atom is -0.363 e. The van der Waals surface area contributed by atoms with Gasteiger partial charge in [0.1, 0.15) is 5.82 Å². The average Bonchev–Trinajstić information content (AvgIpc) is 2.82. The van der Waals surface area contributed by atoms with Crippen LogP contribution in [0.1, 0.15) is 17.9 Å². The highest BCUT2D eigenvalue weighted by molar-refractivity contribution is 5.85. The van der Waals surface area contributed by atoms with E-state index in [4.69, 9.17) is 0 Å². The standard InChI is InChI=1S/C10H13F2N5.ClH/c1-7-5-8(16(2)14-7)6-13-9-3-4-17(15-9)10(11)12;/h3-5,10H,6H2,1-2H3,(H,13,15);1H. The summed E-state index contributed by atoms with van der Waals surface area (Å²) in [4.78, 5) is 0. The summed E-state index contributed by atoms with van der Waals surface area (Å²) in [6.45, 7) is -0.211. The Labute approximate surface area is 109 Å². The first-order chi connectivity index (χ1) is 8.06. The lowest BCUT2D eigenvalue weighted by Crippen LogP contribution is -2.06. The molecule has 0 spiro atoms. The van der Waals surface area contributed by atoms with Gasteiger partial charge in [0, 0.05) is 19.3 Å². The third-order valence-electron chi connectivity index (χ3n) is 2.36. The van der Waals surface area contributed by atoms with Crippen LogP contribution in [0.5, 0.6) is 0 Å². The van der Waals surface area contributed by atoms with Gasteiger partial charge in [-0.05, 0) is 13.0 Å². The smallest absolute Gasteiger partial charge is 0.333 e. The molecule has 2 heterocycles. The quantitative estimate of drug-likeness (QED) is 0.933. The van der Waals surface area contributed by atoms with Gasteiger partial charge in [0.2, 0.25) is 0 Å². The van der Waals surface area contributed by atoms with E-state index in [1.165, 1.54) is 12.3 Å². The van der Waals surface area contributed by atoms with Crippen molar-refractivity contribution in [3.63, 3.8) is 0 Å². The Morgan fingerprint density at radius 2 is 2.11 bits per heavy atom. The van der Waals surface area contributed by atoms with E-state index in [2.05, 4.69) is 15.5 Å². The Bertz CT molecular complexity index is 508. The van der Waals surface area contributed by atoms with Gasteiger partial charge in [0.15, 0.2) is 0 Å². The molecule has 0 aliphatic carbocycles. The first-order valence-electron chi connectivity index (χ1n) is 5.13. The van der Waals surface area contributed by atoms with Crippen LogP contribution in [-0.2, 0) is 13.6 Å². The van der Waals surface area contributed by atoms with Crippen LogP contribution in [0.25, 0.3) is 0 Å². The molecule has 5 nitrogen and oxygen atoms in total. The molecule has 0 bridgehead atoms. The maximum atomic E-state index is 12.3. The summed E-state index contributed by atoms with van der Waals surface area (Å²) >= 11 is 0. The van der Waals surface area contributed by atoms with Gasteiger partial charge in [-0.25, -0.2) is 4.68 Å². The Morgan fingerprint density at radius 3 is 2.61 bits per heavy atom. The lowest BCUT2D eigenvalue weighted by molar-refractivity contribution is 0.0569. The molecule has 0 aliphatic rings. The summed E-state index contributed by atoms with van der Waals surface area (Å²) in [6.07, 6.45) is 1.24. The van der Waals surface area contributed by atoms with Gasteiger partial charge in [0.05, 0.1) is 17.9 Å². The average molecular weight is 278 g/mol. The number of rotatable bonds is 4. The molecule has 0 radical (unpaired) electrons. The predicted octanol–water partition coefficient (Wildman–Crippen LogP) is 2.35. The predicted molar refractivity (Wildman–Crippen MR) is 66.0 cm³/mol. The number of hydrogen-bond donors (Lipinski definition) is 1. The fourth-order valence-corrected chi connectivity index (χ4v) is 1.55. The molecule has 8 heteroatoms. The maximum absolute atomic E-state index is 12.3. The number of anilines is 1. The zero-order chi connectivity index (χ0) is 12.4. The molecule has 0 amide bonds. The summed E-state index contributed by atoms with van der Waals surface area (Å²) in [5, 5.41) is 10.8. The van der Waals surface area contributed by atoms with Gasteiger partial charge < -0.3 is 5.32 Å². The molecule has 18 heavy (non-hydrogen) atoms. The highest BCUT2D eigenvalue weighted by Gasteiger charge is 2.08. The van der Waals surface area contributed by atoms with Crippen LogP contribution in [0.4, 0.5) is 14.6 Å². The van der Waals surface area contributed by atoms with Gasteiger partial charge in [-0.1, -0.05) is 0 Å². The van der Waals surface area contributed by atoms with Crippen LogP contribution in [0.3, 0.4) is 0 Å². The monoisotopic (exact) mass is 277 g/mol. The Kier molecular flexibility index (Phi) is 4.66. The second kappa shape index (κ2) is 5.81. The van der Waals surface area contributed by atoms with Crippen LogP contribution >= 0.6 is 12.4 Å². The van der Waals surface area contributed by atoms with E-state index in [1.807, 2.05) is 20.0 Å². The molecule has 2 aromatic heterocycles. The van der Waals surface area contributed by atoms with Gasteiger partial charge in [-0.2, -0.15) is 19.0 Å². The molecular weight excluding hydrogens is 264 g/mol. The minimum absolute atomic E-state index is 0. The molecular formula is C10H14ClF2N5. The van der Waals surface area contributed by atoms with Crippen molar-refractivity contribution < 1.29 is 8.78 Å². The normalized spacial score (nSPS) is 10.5. The van der Waals surface area contributed by atoms with Crippen LogP contribution in [-0.4, -0.2) is 19.6 Å². The molecule has 0 aliphatic heterocycles. The van der Waals surface area contributed by atoms with E-state index in [0.29, 0.717) is 17.0 Å². The third kappa shape index (κ3) is 3.19. The number of alkyl halides is 2. The van der Waals surface area contributed by atoms with Crippen molar-refractivity contribution in [3.05, 3.63) is 29.7 Å². The van der Waals surface area contributed by atoms with Crippen molar-refractivity contribution in [2.75, 3.05) is 5.32 Å². The summed E-state index contributed by atoms with van der Waals surface area (Å²) in [6, 6.07) is 3.44. The number of aromatic nitrogens is 4. The van der Waals surface area contributed by atoms with E-state index in [0.717, 1.165) is 11.4 Å². The number of nitrogens with zero attached hydrogens (tertiary/aromatic N) is 4. The fourth-order valence-electron chi connectivity index (χ4n) is 1.55. The highest BCUT2D eigenvalue weighted by atomic mass is 35.5. The van der Waals surface area contributed by atoms with E-state index in [1.54, 1.807) is 4.68 Å². The maximum Gasteiger partial charge on any atom is 0.333 e. The zero-order valence-corrected chi connectivity index (χ0v) is 10.8. The van der Waals surface area contributed by atoms with E-state index < -0.39 is 6.55 Å². The largest absolute Gasteiger partial charge is 0.363 e. The van der Waals surface area contributed by atoms with Crippen LogP contribution in [0, 0.1) is 6.92 Å². The molecule has 0 saturated carbocycles. The van der Waals surface area contributed by atoms with Gasteiger partial charge >= 0.3 is 6.55 Å². The first-order valence-corrected chi connectivity index (χ1v) is 5.13. The van der Waals surface area contributed by atoms with Crippen molar-refractivity contribution in [2.24, 2.45) is 7.05 Å². The number of nitrogens with one attached hydrogen (secondary N) is 1. The molecule has 0 saturated heterocycles. The summed E-state index contributed by atoms with van der Waals surface area (Å²) in [5.74, 6) is 0.421. The van der Waals surface area contributed by atoms with E-state index in [-0.39, 0.29) is 12.4 Å². The van der Waals surface area contributed by atoms with Crippen LogP contribution in [0.15, 0.2) is 18.3 Å². The molecule has 2 rings (SSSR count). The molecule has 0 aromatic carbocycles. The van der Waals surface area contributed by atoms with Gasteiger partial charge in [-0.3, -0.25) is 4.68 Å². The number of aryl methyl sites for hydroxylation is 2. The second-order valence-corrected chi connectivity index (χ2v) is 3.71. The van der Waals surface area contributed by atoms with Gasteiger partial charge in [-0.15, -0.1) is 12.4 Å². The number of halogens is 3. The zero-order valence-electron chi connectivity index (χ0n) is 9.97.